The van der Waals surface area contributed by atoms with Crippen LogP contribution in [0.4, 0.5) is 5.69 Å². The number of carbonyl (C=O) groups excluding carboxylic acids is 2. The lowest BCUT2D eigenvalue weighted by Crippen LogP contribution is -2.49. The van der Waals surface area contributed by atoms with E-state index >= 15 is 0 Å². The van der Waals surface area contributed by atoms with Crippen LogP contribution >= 0.6 is 0 Å². The molecule has 0 spiro atoms. The van der Waals surface area contributed by atoms with Gasteiger partial charge in [0.2, 0.25) is 11.8 Å². The number of aryl methyl sites for hydroxylation is 2. The highest BCUT2D eigenvalue weighted by Gasteiger charge is 2.34. The number of hydrogen-bond donors (Lipinski definition) is 1. The van der Waals surface area contributed by atoms with Crippen molar-refractivity contribution in [2.24, 2.45) is 0 Å². The average Bonchev–Trinajstić information content (AvgIpc) is 2.45. The van der Waals surface area contributed by atoms with Crippen LogP contribution in [-0.4, -0.2) is 41.5 Å². The molecule has 1 saturated heterocycles. The zero-order valence-electron chi connectivity index (χ0n) is 16.0. The van der Waals surface area contributed by atoms with E-state index in [-0.39, 0.29) is 29.9 Å². The molecule has 0 aromatic heterocycles. The van der Waals surface area contributed by atoms with Gasteiger partial charge in [0.05, 0.1) is 5.60 Å². The Hall–Kier alpha value is -1.88. The number of amides is 2. The maximum Gasteiger partial charge on any atom is 0.233 e. The van der Waals surface area contributed by atoms with E-state index in [9.17, 15) is 9.59 Å². The van der Waals surface area contributed by atoms with Crippen LogP contribution in [0.1, 0.15) is 51.2 Å². The summed E-state index contributed by atoms with van der Waals surface area (Å²) in [6.07, 6.45) is 1.49. The van der Waals surface area contributed by atoms with Crippen molar-refractivity contribution in [3.05, 3.63) is 29.3 Å². The summed E-state index contributed by atoms with van der Waals surface area (Å²) < 4.78 is 5.74. The Morgan fingerprint density at radius 3 is 2.44 bits per heavy atom. The fraction of sp³-hybridized carbons (Fsp3) is 0.600. The maximum absolute atomic E-state index is 12.6. The van der Waals surface area contributed by atoms with E-state index in [0.29, 0.717) is 13.2 Å². The summed E-state index contributed by atoms with van der Waals surface area (Å²) >= 11 is 0. The molecule has 1 aromatic carbocycles. The summed E-state index contributed by atoms with van der Waals surface area (Å²) in [5.74, 6) is -0.383. The second kappa shape index (κ2) is 8.00. The van der Waals surface area contributed by atoms with Crippen LogP contribution in [0.2, 0.25) is 0 Å². The summed E-state index contributed by atoms with van der Waals surface area (Å²) in [7, 11) is 0. The van der Waals surface area contributed by atoms with Crippen LogP contribution in [-0.2, 0) is 14.3 Å². The smallest absolute Gasteiger partial charge is 0.233 e. The van der Waals surface area contributed by atoms with Gasteiger partial charge in [-0.25, -0.2) is 0 Å². The first-order chi connectivity index (χ1) is 11.7. The topological polar surface area (TPSA) is 58.6 Å². The summed E-state index contributed by atoms with van der Waals surface area (Å²) in [5, 5.41) is 2.84. The third-order valence-electron chi connectivity index (χ3n) is 4.59. The van der Waals surface area contributed by atoms with Crippen LogP contribution in [0.25, 0.3) is 0 Å². The Morgan fingerprint density at radius 2 is 1.88 bits per heavy atom. The maximum atomic E-state index is 12.6. The molecular weight excluding hydrogens is 316 g/mol. The predicted molar refractivity (Wildman–Crippen MR) is 99.6 cm³/mol. The van der Waals surface area contributed by atoms with Crippen molar-refractivity contribution in [2.45, 2.75) is 65.5 Å². The van der Waals surface area contributed by atoms with Gasteiger partial charge >= 0.3 is 0 Å². The summed E-state index contributed by atoms with van der Waals surface area (Å²) in [4.78, 5) is 26.8. The van der Waals surface area contributed by atoms with Gasteiger partial charge in [0.25, 0.3) is 0 Å². The van der Waals surface area contributed by atoms with Gasteiger partial charge in [-0.2, -0.15) is 0 Å². The Balaban J connectivity index is 1.97. The molecule has 0 radical (unpaired) electrons. The van der Waals surface area contributed by atoms with Gasteiger partial charge in [-0.15, -0.1) is 0 Å². The van der Waals surface area contributed by atoms with E-state index in [0.717, 1.165) is 29.7 Å². The highest BCUT2D eigenvalue weighted by Crippen LogP contribution is 2.27. The van der Waals surface area contributed by atoms with Crippen molar-refractivity contribution in [3.8, 4) is 0 Å². The van der Waals surface area contributed by atoms with Gasteiger partial charge in [0.1, 0.15) is 6.42 Å². The molecule has 2 rings (SSSR count). The molecule has 1 fully saturated rings. The molecule has 1 heterocycles. The number of anilines is 1. The van der Waals surface area contributed by atoms with E-state index in [4.69, 9.17) is 4.74 Å². The molecule has 2 amide bonds. The van der Waals surface area contributed by atoms with E-state index < -0.39 is 0 Å². The number of ether oxygens (including phenoxy) is 1. The van der Waals surface area contributed by atoms with Gasteiger partial charge in [0, 0.05) is 24.9 Å². The van der Waals surface area contributed by atoms with Crippen molar-refractivity contribution in [3.63, 3.8) is 0 Å². The first kappa shape index (κ1) is 19.4. The molecule has 5 nitrogen and oxygen atoms in total. The summed E-state index contributed by atoms with van der Waals surface area (Å²) in [6, 6.07) is 6.00. The standard InChI is InChI=1S/C20H30N2O3/c1-6-22(17-7-8-25-20(4,5)13-17)19(24)12-18(23)21-16-10-14(2)9-15(3)11-16/h9-11,17H,6-8,12-13H2,1-5H3,(H,21,23)/t17-/m0/s1. The Kier molecular flexibility index (Phi) is 6.22. The molecule has 1 aliphatic heterocycles. The molecule has 1 aliphatic rings. The Morgan fingerprint density at radius 1 is 1.24 bits per heavy atom. The minimum Gasteiger partial charge on any atom is -0.375 e. The lowest BCUT2D eigenvalue weighted by molar-refractivity contribution is -0.141. The lowest BCUT2D eigenvalue weighted by Gasteiger charge is -2.41. The molecule has 25 heavy (non-hydrogen) atoms. The molecule has 0 unspecified atom stereocenters. The number of hydrogen-bond acceptors (Lipinski definition) is 3. The van der Waals surface area contributed by atoms with Gasteiger partial charge in [-0.05, 0) is 70.7 Å². The van der Waals surface area contributed by atoms with Crippen molar-refractivity contribution in [1.29, 1.82) is 0 Å². The van der Waals surface area contributed by atoms with Crippen LogP contribution in [0.5, 0.6) is 0 Å². The fourth-order valence-electron chi connectivity index (χ4n) is 3.59. The molecule has 0 saturated carbocycles. The lowest BCUT2D eigenvalue weighted by atomic mass is 9.92. The number of carbonyl (C=O) groups is 2. The van der Waals surface area contributed by atoms with Crippen LogP contribution < -0.4 is 5.32 Å². The largest absolute Gasteiger partial charge is 0.375 e. The molecule has 0 aliphatic carbocycles. The highest BCUT2D eigenvalue weighted by molar-refractivity contribution is 6.03. The second-order valence-electron chi connectivity index (χ2n) is 7.54. The van der Waals surface area contributed by atoms with Crippen LogP contribution in [0.3, 0.4) is 0 Å². The predicted octanol–water partition coefficient (Wildman–Crippen LogP) is 3.44. The number of nitrogens with one attached hydrogen (secondary N) is 1. The first-order valence-electron chi connectivity index (χ1n) is 9.02. The van der Waals surface area contributed by atoms with Crippen molar-refractivity contribution < 1.29 is 14.3 Å². The molecule has 0 bridgehead atoms. The third-order valence-corrected chi connectivity index (χ3v) is 4.59. The number of rotatable bonds is 5. The fourth-order valence-corrected chi connectivity index (χ4v) is 3.59. The van der Waals surface area contributed by atoms with E-state index in [1.807, 2.05) is 57.7 Å². The van der Waals surface area contributed by atoms with Crippen molar-refractivity contribution in [2.75, 3.05) is 18.5 Å². The SMILES string of the molecule is CCN(C(=O)CC(=O)Nc1cc(C)cc(C)c1)[C@H]1CCOC(C)(C)C1. The van der Waals surface area contributed by atoms with Crippen LogP contribution in [0.15, 0.2) is 18.2 Å². The quantitative estimate of drug-likeness (QED) is 0.831. The molecule has 138 valence electrons. The van der Waals surface area contributed by atoms with Gasteiger partial charge in [0.15, 0.2) is 0 Å². The number of benzene rings is 1. The third kappa shape index (κ3) is 5.56. The van der Waals surface area contributed by atoms with Crippen molar-refractivity contribution in [1.82, 2.24) is 4.90 Å². The second-order valence-corrected chi connectivity index (χ2v) is 7.54. The number of nitrogens with zero attached hydrogens (tertiary/aromatic N) is 1. The van der Waals surface area contributed by atoms with Crippen LogP contribution in [0, 0.1) is 13.8 Å². The van der Waals surface area contributed by atoms with E-state index in [2.05, 4.69) is 5.32 Å². The van der Waals surface area contributed by atoms with Gasteiger partial charge in [-0.3, -0.25) is 9.59 Å². The van der Waals surface area contributed by atoms with Crippen molar-refractivity contribution >= 4 is 17.5 Å². The molecule has 1 aromatic rings. The zero-order chi connectivity index (χ0) is 18.6. The van der Waals surface area contributed by atoms with E-state index in [1.54, 1.807) is 0 Å². The monoisotopic (exact) mass is 346 g/mol. The minimum absolute atomic E-state index is 0.118. The average molecular weight is 346 g/mol. The molecule has 5 heteroatoms. The molecule has 1 atom stereocenters. The summed E-state index contributed by atoms with van der Waals surface area (Å²) in [6.45, 7) is 11.3. The minimum atomic E-state index is -0.264. The first-order valence-corrected chi connectivity index (χ1v) is 9.02. The zero-order valence-corrected chi connectivity index (χ0v) is 16.0. The Bertz CT molecular complexity index is 620. The normalized spacial score (nSPS) is 19.3. The van der Waals surface area contributed by atoms with E-state index in [1.165, 1.54) is 0 Å². The Labute approximate surface area is 150 Å². The molecular formula is C20H30N2O3. The van der Waals surface area contributed by atoms with Gasteiger partial charge in [-0.1, -0.05) is 6.07 Å². The molecule has 1 N–H and O–H groups in total. The summed E-state index contributed by atoms with van der Waals surface area (Å²) in [5.41, 5.74) is 2.69. The highest BCUT2D eigenvalue weighted by atomic mass is 16.5. The van der Waals surface area contributed by atoms with Gasteiger partial charge < -0.3 is 15.0 Å².